The predicted molar refractivity (Wildman–Crippen MR) is 81.2 cm³/mol. The summed E-state index contributed by atoms with van der Waals surface area (Å²) in [6, 6.07) is 0.713. The van der Waals surface area contributed by atoms with E-state index < -0.39 is 0 Å². The maximum absolute atomic E-state index is 5.50. The first kappa shape index (κ1) is 17.0. The van der Waals surface area contributed by atoms with Gasteiger partial charge in [0.05, 0.1) is 6.04 Å². The first-order valence-corrected chi connectivity index (χ1v) is 7.03. The number of hydrogen-bond donors (Lipinski definition) is 3. The first-order chi connectivity index (χ1) is 8.51. The molecule has 4 N–H and O–H groups in total. The van der Waals surface area contributed by atoms with Crippen LogP contribution in [0, 0.1) is 5.92 Å². The van der Waals surface area contributed by atoms with Crippen molar-refractivity contribution < 1.29 is 0 Å². The summed E-state index contributed by atoms with van der Waals surface area (Å²) >= 11 is 0. The average molecular weight is 253 g/mol. The Morgan fingerprint density at radius 3 is 2.44 bits per heavy atom. The van der Waals surface area contributed by atoms with Gasteiger partial charge in [0.25, 0.3) is 0 Å². The molecule has 0 fully saturated rings. The molecule has 3 heteroatoms. The van der Waals surface area contributed by atoms with Gasteiger partial charge in [0.1, 0.15) is 0 Å². The maximum Gasteiger partial charge on any atom is 0.0650 e. The van der Waals surface area contributed by atoms with Gasteiger partial charge in [-0.25, -0.2) is 0 Å². The molecule has 0 aromatic heterocycles. The van der Waals surface area contributed by atoms with Gasteiger partial charge >= 0.3 is 0 Å². The van der Waals surface area contributed by atoms with Crippen LogP contribution in [-0.4, -0.2) is 18.6 Å². The third-order valence-corrected chi connectivity index (χ3v) is 2.97. The van der Waals surface area contributed by atoms with Crippen LogP contribution in [0.15, 0.2) is 25.1 Å². The summed E-state index contributed by atoms with van der Waals surface area (Å²) in [7, 11) is 0. The van der Waals surface area contributed by atoms with E-state index in [-0.39, 0.29) is 6.04 Å². The Morgan fingerprint density at radius 2 is 1.94 bits per heavy atom. The summed E-state index contributed by atoms with van der Waals surface area (Å²) in [5.74, 6) is 0.633. The summed E-state index contributed by atoms with van der Waals surface area (Å²) in [4.78, 5) is 0. The Balaban J connectivity index is 4.10. The van der Waals surface area contributed by atoms with Crippen molar-refractivity contribution in [2.75, 3.05) is 6.54 Å². The molecule has 2 unspecified atom stereocenters. The molecule has 3 nitrogen and oxygen atoms in total. The quantitative estimate of drug-likeness (QED) is 0.496. The van der Waals surface area contributed by atoms with Gasteiger partial charge in [0.15, 0.2) is 0 Å². The van der Waals surface area contributed by atoms with Crippen molar-refractivity contribution in [3.8, 4) is 0 Å². The Hall–Kier alpha value is -0.960. The van der Waals surface area contributed by atoms with E-state index in [1.807, 2.05) is 0 Å². The topological polar surface area (TPSA) is 50.1 Å². The van der Waals surface area contributed by atoms with E-state index in [4.69, 9.17) is 5.73 Å². The van der Waals surface area contributed by atoms with Gasteiger partial charge in [-0.1, -0.05) is 33.4 Å². The first-order valence-electron chi connectivity index (χ1n) is 7.03. The molecule has 0 aliphatic rings. The molecule has 0 aliphatic carbocycles. The molecular weight excluding hydrogens is 222 g/mol. The Kier molecular flexibility index (Phi) is 9.47. The molecule has 2 atom stereocenters. The van der Waals surface area contributed by atoms with E-state index in [0.717, 1.165) is 31.5 Å². The Bertz CT molecular complexity index is 236. The molecule has 0 aliphatic heterocycles. The molecule has 0 saturated carbocycles. The summed E-state index contributed by atoms with van der Waals surface area (Å²) in [5, 5.41) is 6.75. The highest BCUT2D eigenvalue weighted by Crippen LogP contribution is 2.11. The molecular formula is C15H31N3. The molecule has 0 rings (SSSR count). The summed E-state index contributed by atoms with van der Waals surface area (Å²) in [5.41, 5.74) is 6.56. The van der Waals surface area contributed by atoms with Crippen LogP contribution in [0.4, 0.5) is 0 Å². The number of nitrogens with two attached hydrogens (primary N) is 1. The predicted octanol–water partition coefficient (Wildman–Crippen LogP) is 2.75. The number of unbranched alkanes of at least 4 members (excludes halogenated alkanes) is 1. The molecule has 0 radical (unpaired) electrons. The van der Waals surface area contributed by atoms with Crippen LogP contribution in [0.25, 0.3) is 0 Å². The lowest BCUT2D eigenvalue weighted by molar-refractivity contribution is 0.448. The maximum atomic E-state index is 5.50. The largest absolute Gasteiger partial charge is 0.385 e. The van der Waals surface area contributed by atoms with E-state index in [0.29, 0.717) is 12.0 Å². The summed E-state index contributed by atoms with van der Waals surface area (Å²) in [6.45, 7) is 15.3. The molecule has 18 heavy (non-hydrogen) atoms. The van der Waals surface area contributed by atoms with Crippen LogP contribution in [0.2, 0.25) is 0 Å². The Morgan fingerprint density at radius 1 is 1.28 bits per heavy atom. The molecule has 0 aromatic carbocycles. The second-order valence-corrected chi connectivity index (χ2v) is 5.41. The zero-order valence-electron chi connectivity index (χ0n) is 12.3. The minimum Gasteiger partial charge on any atom is -0.385 e. The fourth-order valence-corrected chi connectivity index (χ4v) is 2.01. The molecule has 0 heterocycles. The van der Waals surface area contributed by atoms with Crippen LogP contribution in [0.5, 0.6) is 0 Å². The average Bonchev–Trinajstić information content (AvgIpc) is 2.28. The van der Waals surface area contributed by atoms with E-state index in [2.05, 4.69) is 44.6 Å². The zero-order chi connectivity index (χ0) is 14.0. The summed E-state index contributed by atoms with van der Waals surface area (Å²) < 4.78 is 0. The van der Waals surface area contributed by atoms with Crippen molar-refractivity contribution in [1.82, 2.24) is 10.6 Å². The lowest BCUT2D eigenvalue weighted by Crippen LogP contribution is -2.37. The molecule has 0 amide bonds. The van der Waals surface area contributed by atoms with Crippen LogP contribution in [-0.2, 0) is 0 Å². The van der Waals surface area contributed by atoms with Gasteiger partial charge in [-0.05, 0) is 44.8 Å². The molecule has 0 bridgehead atoms. The van der Waals surface area contributed by atoms with Gasteiger partial charge in [0, 0.05) is 11.7 Å². The molecule has 106 valence electrons. The minimum atomic E-state index is 0.263. The van der Waals surface area contributed by atoms with E-state index >= 15 is 0 Å². The SMILES string of the molecule is C=CNC(CC(C)C)C(=C)NC(C)CCCCN. The van der Waals surface area contributed by atoms with Gasteiger partial charge in [-0.15, -0.1) is 0 Å². The van der Waals surface area contributed by atoms with Crippen molar-refractivity contribution in [2.45, 2.75) is 58.5 Å². The molecule has 0 aromatic rings. The van der Waals surface area contributed by atoms with Crippen molar-refractivity contribution in [3.63, 3.8) is 0 Å². The van der Waals surface area contributed by atoms with Gasteiger partial charge in [-0.3, -0.25) is 0 Å². The number of rotatable bonds is 11. The minimum absolute atomic E-state index is 0.263. The van der Waals surface area contributed by atoms with E-state index in [1.165, 1.54) is 6.42 Å². The fraction of sp³-hybridized carbons (Fsp3) is 0.733. The Labute approximate surface area is 113 Å². The lowest BCUT2D eigenvalue weighted by atomic mass is 10.0. The van der Waals surface area contributed by atoms with Crippen LogP contribution in [0.1, 0.15) is 46.5 Å². The van der Waals surface area contributed by atoms with E-state index in [1.54, 1.807) is 6.20 Å². The van der Waals surface area contributed by atoms with E-state index in [9.17, 15) is 0 Å². The molecule has 0 spiro atoms. The van der Waals surface area contributed by atoms with Gasteiger partial charge in [0.2, 0.25) is 0 Å². The van der Waals surface area contributed by atoms with Gasteiger partial charge in [-0.2, -0.15) is 0 Å². The van der Waals surface area contributed by atoms with Gasteiger partial charge < -0.3 is 16.4 Å². The highest BCUT2D eigenvalue weighted by molar-refractivity contribution is 5.06. The third kappa shape index (κ3) is 8.18. The second kappa shape index (κ2) is 10.0. The van der Waals surface area contributed by atoms with Crippen molar-refractivity contribution in [3.05, 3.63) is 25.1 Å². The summed E-state index contributed by atoms with van der Waals surface area (Å²) in [6.07, 6.45) is 6.21. The van der Waals surface area contributed by atoms with Crippen LogP contribution >= 0.6 is 0 Å². The second-order valence-electron chi connectivity index (χ2n) is 5.41. The third-order valence-electron chi connectivity index (χ3n) is 2.97. The highest BCUT2D eigenvalue weighted by atomic mass is 15.0. The lowest BCUT2D eigenvalue weighted by Gasteiger charge is -2.26. The monoisotopic (exact) mass is 253 g/mol. The standard InChI is InChI=1S/C15H31N3/c1-6-17-15(11-12(2)3)14(5)18-13(4)9-7-8-10-16/h6,12-13,15,17-18H,1,5,7-11,16H2,2-4H3. The number of nitrogens with one attached hydrogen (secondary N) is 2. The highest BCUT2D eigenvalue weighted by Gasteiger charge is 2.14. The fourth-order valence-electron chi connectivity index (χ4n) is 2.01. The normalized spacial score (nSPS) is 14.1. The zero-order valence-corrected chi connectivity index (χ0v) is 12.3. The van der Waals surface area contributed by atoms with Crippen LogP contribution < -0.4 is 16.4 Å². The van der Waals surface area contributed by atoms with Crippen molar-refractivity contribution >= 4 is 0 Å². The van der Waals surface area contributed by atoms with Crippen LogP contribution in [0.3, 0.4) is 0 Å². The number of hydrogen-bond acceptors (Lipinski definition) is 3. The van der Waals surface area contributed by atoms with Crippen molar-refractivity contribution in [1.29, 1.82) is 0 Å². The van der Waals surface area contributed by atoms with Crippen molar-refractivity contribution in [2.24, 2.45) is 11.7 Å². The molecule has 0 saturated heterocycles. The smallest absolute Gasteiger partial charge is 0.0650 e.